The van der Waals surface area contributed by atoms with Crippen LogP contribution in [0.1, 0.15) is 29.9 Å². The van der Waals surface area contributed by atoms with Crippen LogP contribution in [-0.2, 0) is 17.3 Å². The molecule has 0 radical (unpaired) electrons. The van der Waals surface area contributed by atoms with Crippen LogP contribution in [0.15, 0.2) is 24.3 Å². The SMILES string of the molecule is CS(=O)CCNCc1ccc(C2CC2)cc1. The molecule has 3 heteroatoms. The van der Waals surface area contributed by atoms with Gasteiger partial charge in [0.1, 0.15) is 0 Å². The third-order valence-electron chi connectivity index (χ3n) is 2.92. The van der Waals surface area contributed by atoms with Crippen molar-refractivity contribution in [3.05, 3.63) is 35.4 Å². The summed E-state index contributed by atoms with van der Waals surface area (Å²) in [5.41, 5.74) is 2.80. The zero-order valence-corrected chi connectivity index (χ0v) is 10.6. The van der Waals surface area contributed by atoms with Crippen molar-refractivity contribution in [2.45, 2.75) is 25.3 Å². The molecule has 1 aromatic carbocycles. The molecule has 16 heavy (non-hydrogen) atoms. The normalized spacial score (nSPS) is 17.3. The molecule has 1 aliphatic rings. The number of hydrogen-bond donors (Lipinski definition) is 1. The van der Waals surface area contributed by atoms with Gasteiger partial charge in [-0.3, -0.25) is 4.21 Å². The summed E-state index contributed by atoms with van der Waals surface area (Å²) in [7, 11) is -0.688. The number of rotatable bonds is 6. The summed E-state index contributed by atoms with van der Waals surface area (Å²) in [6, 6.07) is 8.88. The summed E-state index contributed by atoms with van der Waals surface area (Å²) < 4.78 is 10.9. The smallest absolute Gasteiger partial charge is 0.0357 e. The predicted molar refractivity (Wildman–Crippen MR) is 69.1 cm³/mol. The van der Waals surface area contributed by atoms with Crippen LogP contribution in [0.4, 0.5) is 0 Å². The van der Waals surface area contributed by atoms with Crippen molar-refractivity contribution in [3.8, 4) is 0 Å². The van der Waals surface area contributed by atoms with Crippen molar-refractivity contribution in [2.75, 3.05) is 18.6 Å². The van der Waals surface area contributed by atoms with Crippen LogP contribution >= 0.6 is 0 Å². The number of nitrogens with one attached hydrogen (secondary N) is 1. The summed E-state index contributed by atoms with van der Waals surface area (Å²) >= 11 is 0. The van der Waals surface area contributed by atoms with Gasteiger partial charge in [0.05, 0.1) is 0 Å². The van der Waals surface area contributed by atoms with E-state index < -0.39 is 10.8 Å². The molecular formula is C13H19NOS. The number of hydrogen-bond acceptors (Lipinski definition) is 2. The lowest BCUT2D eigenvalue weighted by atomic mass is 10.1. The molecule has 1 saturated carbocycles. The lowest BCUT2D eigenvalue weighted by Crippen LogP contribution is -2.19. The second-order valence-electron chi connectivity index (χ2n) is 4.47. The quantitative estimate of drug-likeness (QED) is 0.767. The van der Waals surface area contributed by atoms with Crippen molar-refractivity contribution in [2.24, 2.45) is 0 Å². The van der Waals surface area contributed by atoms with Gasteiger partial charge in [-0.25, -0.2) is 0 Å². The highest BCUT2D eigenvalue weighted by molar-refractivity contribution is 7.84. The van der Waals surface area contributed by atoms with E-state index >= 15 is 0 Å². The standard InChI is InChI=1S/C13H19NOS/c1-16(15)9-8-14-10-11-2-4-12(5-3-11)13-6-7-13/h2-5,13-14H,6-10H2,1H3. The average Bonchev–Trinajstić information content (AvgIpc) is 3.09. The molecule has 2 nitrogen and oxygen atoms in total. The molecule has 0 spiro atoms. The molecule has 2 rings (SSSR count). The van der Waals surface area contributed by atoms with Gasteiger partial charge >= 0.3 is 0 Å². The van der Waals surface area contributed by atoms with Gasteiger partial charge in [-0.1, -0.05) is 24.3 Å². The molecule has 1 atom stereocenters. The first-order valence-electron chi connectivity index (χ1n) is 5.85. The van der Waals surface area contributed by atoms with E-state index in [2.05, 4.69) is 29.6 Å². The fourth-order valence-corrected chi connectivity index (χ4v) is 2.20. The molecule has 0 aromatic heterocycles. The van der Waals surface area contributed by atoms with Crippen molar-refractivity contribution in [1.29, 1.82) is 0 Å². The summed E-state index contributed by atoms with van der Waals surface area (Å²) in [6.45, 7) is 1.70. The Balaban J connectivity index is 1.74. The van der Waals surface area contributed by atoms with E-state index in [-0.39, 0.29) is 0 Å². The highest BCUT2D eigenvalue weighted by Crippen LogP contribution is 2.39. The highest BCUT2D eigenvalue weighted by atomic mass is 32.2. The maximum Gasteiger partial charge on any atom is 0.0357 e. The van der Waals surface area contributed by atoms with E-state index in [0.29, 0.717) is 0 Å². The van der Waals surface area contributed by atoms with E-state index in [1.54, 1.807) is 6.26 Å². The minimum absolute atomic E-state index is 0.688. The fraction of sp³-hybridized carbons (Fsp3) is 0.538. The third-order valence-corrected chi connectivity index (χ3v) is 3.70. The van der Waals surface area contributed by atoms with Gasteiger partial charge < -0.3 is 5.32 Å². The molecular weight excluding hydrogens is 218 g/mol. The Morgan fingerprint density at radius 2 is 2.00 bits per heavy atom. The molecule has 1 unspecified atom stereocenters. The summed E-state index contributed by atoms with van der Waals surface area (Å²) in [5.74, 6) is 1.57. The van der Waals surface area contributed by atoms with Gasteiger partial charge in [0.25, 0.3) is 0 Å². The zero-order valence-electron chi connectivity index (χ0n) is 9.74. The Hall–Kier alpha value is -0.670. The Bertz CT molecular complexity index is 357. The second-order valence-corrected chi connectivity index (χ2v) is 6.02. The van der Waals surface area contributed by atoms with Gasteiger partial charge in [0.2, 0.25) is 0 Å². The summed E-state index contributed by atoms with van der Waals surface area (Å²) in [4.78, 5) is 0. The van der Waals surface area contributed by atoms with Crippen LogP contribution in [0.25, 0.3) is 0 Å². The fourth-order valence-electron chi connectivity index (χ4n) is 1.77. The van der Waals surface area contributed by atoms with Crippen LogP contribution in [0, 0.1) is 0 Å². The van der Waals surface area contributed by atoms with Gasteiger partial charge in [0.15, 0.2) is 0 Å². The third kappa shape index (κ3) is 3.72. The molecule has 1 aliphatic carbocycles. The molecule has 1 aromatic rings. The molecule has 0 amide bonds. The molecule has 0 saturated heterocycles. The monoisotopic (exact) mass is 237 g/mol. The second kappa shape index (κ2) is 5.60. The van der Waals surface area contributed by atoms with E-state index in [4.69, 9.17) is 0 Å². The zero-order chi connectivity index (χ0) is 11.4. The first kappa shape index (κ1) is 11.8. The van der Waals surface area contributed by atoms with Gasteiger partial charge in [-0.2, -0.15) is 0 Å². The topological polar surface area (TPSA) is 29.1 Å². The van der Waals surface area contributed by atoms with Crippen LogP contribution in [0.2, 0.25) is 0 Å². The van der Waals surface area contributed by atoms with Crippen molar-refractivity contribution in [3.63, 3.8) is 0 Å². The van der Waals surface area contributed by atoms with Crippen LogP contribution in [0.5, 0.6) is 0 Å². The largest absolute Gasteiger partial charge is 0.312 e. The van der Waals surface area contributed by atoms with Crippen molar-refractivity contribution in [1.82, 2.24) is 5.32 Å². The Labute approximate surface area is 99.9 Å². The molecule has 0 aliphatic heterocycles. The average molecular weight is 237 g/mol. The van der Waals surface area contributed by atoms with Gasteiger partial charge in [-0.15, -0.1) is 0 Å². The lowest BCUT2D eigenvalue weighted by molar-refractivity contribution is 0.676. The van der Waals surface area contributed by atoms with E-state index in [0.717, 1.165) is 24.8 Å². The Morgan fingerprint density at radius 1 is 1.31 bits per heavy atom. The maximum absolute atomic E-state index is 10.9. The predicted octanol–water partition coefficient (Wildman–Crippen LogP) is 2.03. The maximum atomic E-state index is 10.9. The van der Waals surface area contributed by atoms with E-state index in [1.165, 1.54) is 24.0 Å². The van der Waals surface area contributed by atoms with Crippen LogP contribution in [0.3, 0.4) is 0 Å². The minimum atomic E-state index is -0.688. The van der Waals surface area contributed by atoms with Crippen LogP contribution < -0.4 is 5.32 Å². The molecule has 0 bridgehead atoms. The number of benzene rings is 1. The first-order valence-corrected chi connectivity index (χ1v) is 7.58. The van der Waals surface area contributed by atoms with Crippen LogP contribution in [-0.4, -0.2) is 22.8 Å². The van der Waals surface area contributed by atoms with E-state index in [1.807, 2.05) is 0 Å². The van der Waals surface area contributed by atoms with Gasteiger partial charge in [0, 0.05) is 35.9 Å². The Kier molecular flexibility index (Phi) is 4.13. The van der Waals surface area contributed by atoms with E-state index in [9.17, 15) is 4.21 Å². The Morgan fingerprint density at radius 3 is 2.56 bits per heavy atom. The lowest BCUT2D eigenvalue weighted by Gasteiger charge is -2.05. The highest BCUT2D eigenvalue weighted by Gasteiger charge is 2.22. The minimum Gasteiger partial charge on any atom is -0.312 e. The van der Waals surface area contributed by atoms with Crippen molar-refractivity contribution < 1.29 is 4.21 Å². The molecule has 88 valence electrons. The van der Waals surface area contributed by atoms with Gasteiger partial charge in [-0.05, 0) is 29.9 Å². The molecule has 1 N–H and O–H groups in total. The molecule has 1 fully saturated rings. The molecule has 0 heterocycles. The summed E-state index contributed by atoms with van der Waals surface area (Å²) in [6.07, 6.45) is 4.46. The summed E-state index contributed by atoms with van der Waals surface area (Å²) in [5, 5.41) is 3.30. The first-order chi connectivity index (χ1) is 7.75. The van der Waals surface area contributed by atoms with Crippen molar-refractivity contribution >= 4 is 10.8 Å².